The molecule has 0 aliphatic carbocycles. The van der Waals surface area contributed by atoms with Gasteiger partial charge in [0, 0.05) is 0 Å². The van der Waals surface area contributed by atoms with E-state index in [0.29, 0.717) is 9.60 Å². The molecular weight excluding hydrogens is 183 g/mol. The molecule has 0 atom stereocenters. The third-order valence-electron chi connectivity index (χ3n) is 1.24. The summed E-state index contributed by atoms with van der Waals surface area (Å²) in [5, 5.41) is 0. The van der Waals surface area contributed by atoms with E-state index in [0.717, 1.165) is 4.70 Å². The van der Waals surface area contributed by atoms with E-state index in [4.69, 9.17) is 12.2 Å². The lowest BCUT2D eigenvalue weighted by Crippen LogP contribution is -1.77. The van der Waals surface area contributed by atoms with Crippen LogP contribution in [0.1, 0.15) is 0 Å². The van der Waals surface area contributed by atoms with Crippen molar-refractivity contribution in [1.82, 2.24) is 9.97 Å². The summed E-state index contributed by atoms with van der Waals surface area (Å²) in [5.74, 6) is -0.331. The summed E-state index contributed by atoms with van der Waals surface area (Å²) in [6.45, 7) is 0. The van der Waals surface area contributed by atoms with Crippen molar-refractivity contribution in [2.45, 2.75) is 0 Å². The van der Waals surface area contributed by atoms with Crippen molar-refractivity contribution in [1.29, 1.82) is 0 Å². The molecule has 0 saturated carbocycles. The van der Waals surface area contributed by atoms with Gasteiger partial charge in [-0.3, -0.25) is 0 Å². The molecule has 5 heteroatoms. The van der Waals surface area contributed by atoms with E-state index >= 15 is 0 Å². The first kappa shape index (κ1) is 6.87. The Labute approximate surface area is 70.7 Å². The van der Waals surface area contributed by atoms with Gasteiger partial charge in [0.25, 0.3) is 0 Å². The van der Waals surface area contributed by atoms with Gasteiger partial charge in [-0.1, -0.05) is 0 Å². The first-order chi connectivity index (χ1) is 5.25. The molecule has 1 N–H and O–H groups in total. The summed E-state index contributed by atoms with van der Waals surface area (Å²) in [5.41, 5.74) is 0.654. The van der Waals surface area contributed by atoms with Crippen LogP contribution in [0.5, 0.6) is 0 Å². The van der Waals surface area contributed by atoms with Crippen LogP contribution in [0.25, 0.3) is 10.3 Å². The molecule has 2 aromatic heterocycles. The second-order valence-electron chi connectivity index (χ2n) is 2.01. The van der Waals surface area contributed by atoms with Gasteiger partial charge >= 0.3 is 0 Å². The van der Waals surface area contributed by atoms with Crippen molar-refractivity contribution >= 4 is 33.9 Å². The van der Waals surface area contributed by atoms with Gasteiger partial charge in [0.15, 0.2) is 3.95 Å². The van der Waals surface area contributed by atoms with Crippen molar-refractivity contribution in [3.63, 3.8) is 0 Å². The summed E-state index contributed by atoms with van der Waals surface area (Å²) < 4.78 is 13.9. The highest BCUT2D eigenvalue weighted by molar-refractivity contribution is 7.73. The van der Waals surface area contributed by atoms with Crippen LogP contribution in [0.2, 0.25) is 0 Å². The van der Waals surface area contributed by atoms with Gasteiger partial charge in [0.1, 0.15) is 11.5 Å². The van der Waals surface area contributed by atoms with Crippen LogP contribution in [0, 0.1) is 9.77 Å². The molecule has 0 aromatic carbocycles. The number of hydrogen-bond acceptors (Lipinski definition) is 3. The maximum absolute atomic E-state index is 12.5. The van der Waals surface area contributed by atoms with Crippen LogP contribution < -0.4 is 0 Å². The molecule has 0 amide bonds. The van der Waals surface area contributed by atoms with Crippen LogP contribution in [0.15, 0.2) is 12.3 Å². The Morgan fingerprint density at radius 3 is 3.27 bits per heavy atom. The summed E-state index contributed by atoms with van der Waals surface area (Å²) in [7, 11) is 0. The molecule has 0 spiro atoms. The molecule has 0 aliphatic rings. The van der Waals surface area contributed by atoms with Crippen molar-refractivity contribution in [3.8, 4) is 0 Å². The minimum atomic E-state index is -0.331. The highest BCUT2D eigenvalue weighted by Gasteiger charge is 1.98. The van der Waals surface area contributed by atoms with Crippen molar-refractivity contribution < 1.29 is 4.39 Å². The fourth-order valence-electron chi connectivity index (χ4n) is 0.814. The molecule has 11 heavy (non-hydrogen) atoms. The number of aromatic nitrogens is 2. The van der Waals surface area contributed by atoms with Gasteiger partial charge in [0.2, 0.25) is 0 Å². The van der Waals surface area contributed by atoms with Gasteiger partial charge in [-0.2, -0.15) is 0 Å². The van der Waals surface area contributed by atoms with Crippen LogP contribution in [0.4, 0.5) is 4.39 Å². The fraction of sp³-hybridized carbons (Fsp3) is 0. The number of aromatic amines is 1. The first-order valence-electron chi connectivity index (χ1n) is 2.90. The third kappa shape index (κ3) is 1.17. The molecule has 56 valence electrons. The van der Waals surface area contributed by atoms with E-state index in [1.807, 2.05) is 0 Å². The first-order valence-corrected chi connectivity index (χ1v) is 4.12. The summed E-state index contributed by atoms with van der Waals surface area (Å²) in [6.07, 6.45) is 1.17. The second-order valence-corrected chi connectivity index (χ2v) is 3.73. The maximum Gasteiger partial charge on any atom is 0.160 e. The number of halogens is 1. The molecule has 0 aliphatic heterocycles. The number of thiazole rings is 1. The van der Waals surface area contributed by atoms with Crippen LogP contribution in [0.3, 0.4) is 0 Å². The molecule has 0 bridgehead atoms. The molecule has 0 saturated heterocycles. The van der Waals surface area contributed by atoms with Crippen LogP contribution in [-0.4, -0.2) is 9.97 Å². The lowest BCUT2D eigenvalue weighted by Gasteiger charge is -1.85. The molecule has 2 heterocycles. The number of H-pyrrole nitrogens is 1. The van der Waals surface area contributed by atoms with E-state index in [-0.39, 0.29) is 5.82 Å². The van der Waals surface area contributed by atoms with E-state index in [1.54, 1.807) is 0 Å². The largest absolute Gasteiger partial charge is 0.322 e. The number of nitrogens with one attached hydrogen (secondary N) is 1. The van der Waals surface area contributed by atoms with Crippen molar-refractivity contribution in [2.24, 2.45) is 0 Å². The lowest BCUT2D eigenvalue weighted by atomic mass is 10.5. The van der Waals surface area contributed by atoms with Crippen LogP contribution >= 0.6 is 23.6 Å². The minimum Gasteiger partial charge on any atom is -0.322 e. The van der Waals surface area contributed by atoms with E-state index < -0.39 is 0 Å². The standard InChI is InChI=1S/C6H3FN2S2/c7-3-1-4-5(8-2-3)9-6(10)11-4/h1-2H,(H,8,9,10). The van der Waals surface area contributed by atoms with Crippen LogP contribution in [-0.2, 0) is 0 Å². The lowest BCUT2D eigenvalue weighted by molar-refractivity contribution is 0.624. The predicted octanol–water partition coefficient (Wildman–Crippen LogP) is 2.49. The molecule has 0 radical (unpaired) electrons. The fourth-order valence-corrected chi connectivity index (χ4v) is 1.90. The Kier molecular flexibility index (Phi) is 1.47. The Balaban J connectivity index is 2.92. The molecular formula is C6H3FN2S2. The van der Waals surface area contributed by atoms with Gasteiger partial charge < -0.3 is 4.98 Å². The van der Waals surface area contributed by atoms with Crippen molar-refractivity contribution in [2.75, 3.05) is 0 Å². The second kappa shape index (κ2) is 2.35. The average molecular weight is 186 g/mol. The normalized spacial score (nSPS) is 10.6. The molecule has 0 fully saturated rings. The zero-order valence-electron chi connectivity index (χ0n) is 5.30. The summed E-state index contributed by atoms with van der Waals surface area (Å²) in [6, 6.07) is 1.42. The highest BCUT2D eigenvalue weighted by atomic mass is 32.1. The van der Waals surface area contributed by atoms with Gasteiger partial charge in [0.05, 0.1) is 10.9 Å². The SMILES string of the molecule is Fc1cnc2[nH]c(=S)sc2c1. The highest BCUT2D eigenvalue weighted by Crippen LogP contribution is 2.17. The van der Waals surface area contributed by atoms with Gasteiger partial charge in [-0.05, 0) is 18.3 Å². The van der Waals surface area contributed by atoms with E-state index in [2.05, 4.69) is 9.97 Å². The molecule has 2 aromatic rings. The smallest absolute Gasteiger partial charge is 0.160 e. The summed E-state index contributed by atoms with van der Waals surface area (Å²) >= 11 is 6.18. The zero-order valence-corrected chi connectivity index (χ0v) is 6.93. The summed E-state index contributed by atoms with van der Waals surface area (Å²) in [4.78, 5) is 6.66. The third-order valence-corrected chi connectivity index (χ3v) is 2.41. The van der Waals surface area contributed by atoms with Gasteiger partial charge in [-0.25, -0.2) is 9.37 Å². The molecule has 2 rings (SSSR count). The molecule has 0 unspecified atom stereocenters. The predicted molar refractivity (Wildman–Crippen MR) is 44.8 cm³/mol. The van der Waals surface area contributed by atoms with E-state index in [1.165, 1.54) is 23.6 Å². The zero-order chi connectivity index (χ0) is 7.84. The van der Waals surface area contributed by atoms with E-state index in [9.17, 15) is 4.39 Å². The quantitative estimate of drug-likeness (QED) is 0.640. The Morgan fingerprint density at radius 1 is 1.64 bits per heavy atom. The topological polar surface area (TPSA) is 28.7 Å². The number of pyridine rings is 1. The number of hydrogen-bond donors (Lipinski definition) is 1. The number of rotatable bonds is 0. The Bertz CT molecular complexity index is 445. The number of fused-ring (bicyclic) bond motifs is 1. The van der Waals surface area contributed by atoms with Gasteiger partial charge in [-0.15, -0.1) is 11.3 Å². The molecule has 2 nitrogen and oxygen atoms in total. The monoisotopic (exact) mass is 186 g/mol. The minimum absolute atomic E-state index is 0.331. The van der Waals surface area contributed by atoms with Crippen molar-refractivity contribution in [3.05, 3.63) is 22.0 Å². The Morgan fingerprint density at radius 2 is 2.45 bits per heavy atom. The average Bonchev–Trinajstić information content (AvgIpc) is 2.27. The maximum atomic E-state index is 12.5. The number of nitrogens with zero attached hydrogens (tertiary/aromatic N) is 1. The Hall–Kier alpha value is -0.810.